The first kappa shape index (κ1) is 13.9. The lowest BCUT2D eigenvalue weighted by Gasteiger charge is -2.10. The fourth-order valence-corrected chi connectivity index (χ4v) is 1.49. The lowest BCUT2D eigenvalue weighted by atomic mass is 10.1. The second-order valence-electron chi connectivity index (χ2n) is 3.69. The topological polar surface area (TPSA) is 46.5 Å². The van der Waals surface area contributed by atoms with Gasteiger partial charge in [0.25, 0.3) is 0 Å². The monoisotopic (exact) mass is 244 g/mol. The number of aryl methyl sites for hydroxylation is 1. The number of aliphatic carboxylic acids is 1. The molecule has 0 saturated heterocycles. The molecule has 0 spiro atoms. The van der Waals surface area contributed by atoms with Crippen molar-refractivity contribution in [1.29, 1.82) is 0 Å². The lowest BCUT2D eigenvalue weighted by molar-refractivity contribution is -0.131. The van der Waals surface area contributed by atoms with E-state index in [9.17, 15) is 4.79 Å². The van der Waals surface area contributed by atoms with Gasteiger partial charge in [0.1, 0.15) is 5.75 Å². The third-order valence-corrected chi connectivity index (χ3v) is 2.30. The Bertz CT molecular complexity index is 504. The Morgan fingerprint density at radius 1 is 1.50 bits per heavy atom. The van der Waals surface area contributed by atoms with Gasteiger partial charge in [0, 0.05) is 18.1 Å². The average Bonchev–Trinajstić information content (AvgIpc) is 2.34. The highest BCUT2D eigenvalue weighted by molar-refractivity contribution is 5.86. The van der Waals surface area contributed by atoms with Crippen molar-refractivity contribution in [3.05, 3.63) is 35.4 Å². The molecule has 1 N–H and O–H groups in total. The first-order valence-electron chi connectivity index (χ1n) is 5.68. The van der Waals surface area contributed by atoms with Crippen molar-refractivity contribution < 1.29 is 14.6 Å². The number of hydrogen-bond acceptors (Lipinski definition) is 2. The molecule has 0 heterocycles. The van der Waals surface area contributed by atoms with E-state index in [4.69, 9.17) is 9.84 Å². The fraction of sp³-hybridized carbons (Fsp3) is 0.267. The highest BCUT2D eigenvalue weighted by atomic mass is 16.5. The molecule has 0 amide bonds. The van der Waals surface area contributed by atoms with E-state index in [0.717, 1.165) is 17.2 Å². The van der Waals surface area contributed by atoms with Crippen LogP contribution >= 0.6 is 0 Å². The molecule has 0 atom stereocenters. The first-order valence-corrected chi connectivity index (χ1v) is 5.68. The Balaban J connectivity index is 2.85. The van der Waals surface area contributed by atoms with Crippen molar-refractivity contribution in [3.8, 4) is 17.6 Å². The lowest BCUT2D eigenvalue weighted by Crippen LogP contribution is -1.99. The van der Waals surface area contributed by atoms with Crippen LogP contribution in [0.1, 0.15) is 24.5 Å². The number of rotatable bonds is 5. The van der Waals surface area contributed by atoms with Crippen molar-refractivity contribution in [1.82, 2.24) is 0 Å². The van der Waals surface area contributed by atoms with Gasteiger partial charge < -0.3 is 9.84 Å². The summed E-state index contributed by atoms with van der Waals surface area (Å²) in [4.78, 5) is 10.5. The largest absolute Gasteiger partial charge is 0.492 e. The molecule has 0 aliphatic carbocycles. The number of hydrogen-bond donors (Lipinski definition) is 1. The standard InChI is InChI=1S/C15H16O3/c1-3-4-5-11-18-15-12(2)7-6-8-13(15)9-10-14(16)17/h6-10H,5,11H2,1-2H3,(H,16,17)/b10-9+. The molecule has 1 rings (SSSR count). The van der Waals surface area contributed by atoms with E-state index in [0.29, 0.717) is 18.8 Å². The molecule has 18 heavy (non-hydrogen) atoms. The van der Waals surface area contributed by atoms with Crippen molar-refractivity contribution in [2.45, 2.75) is 20.3 Å². The zero-order valence-electron chi connectivity index (χ0n) is 10.6. The van der Waals surface area contributed by atoms with Crippen LogP contribution in [0, 0.1) is 18.8 Å². The van der Waals surface area contributed by atoms with E-state index in [1.54, 1.807) is 6.92 Å². The second kappa shape index (κ2) is 7.18. The fourth-order valence-electron chi connectivity index (χ4n) is 1.49. The highest BCUT2D eigenvalue weighted by Gasteiger charge is 2.04. The van der Waals surface area contributed by atoms with Crippen LogP contribution < -0.4 is 4.74 Å². The van der Waals surface area contributed by atoms with Gasteiger partial charge >= 0.3 is 5.97 Å². The Labute approximate surface area is 107 Å². The summed E-state index contributed by atoms with van der Waals surface area (Å²) in [5.74, 6) is 5.46. The van der Waals surface area contributed by atoms with Crippen LogP contribution in [0.2, 0.25) is 0 Å². The summed E-state index contributed by atoms with van der Waals surface area (Å²) in [6.07, 6.45) is 3.30. The maximum atomic E-state index is 10.5. The highest BCUT2D eigenvalue weighted by Crippen LogP contribution is 2.24. The number of carboxylic acid groups (broad SMARTS) is 1. The number of carboxylic acids is 1. The van der Waals surface area contributed by atoms with Crippen molar-refractivity contribution in [2.24, 2.45) is 0 Å². The summed E-state index contributed by atoms with van der Waals surface area (Å²) in [7, 11) is 0. The number of carbonyl (C=O) groups is 1. The smallest absolute Gasteiger partial charge is 0.328 e. The summed E-state index contributed by atoms with van der Waals surface area (Å²) in [5.41, 5.74) is 1.74. The third-order valence-electron chi connectivity index (χ3n) is 2.30. The van der Waals surface area contributed by atoms with Gasteiger partial charge in [-0.1, -0.05) is 18.2 Å². The molecule has 0 aliphatic rings. The molecule has 0 unspecified atom stereocenters. The molecular weight excluding hydrogens is 228 g/mol. The van der Waals surface area contributed by atoms with Crippen LogP contribution in [0.25, 0.3) is 6.08 Å². The molecule has 1 aromatic carbocycles. The SMILES string of the molecule is CC#CCCOc1c(C)cccc1/C=C/C(=O)O. The maximum absolute atomic E-state index is 10.5. The molecule has 0 bridgehead atoms. The van der Waals surface area contributed by atoms with E-state index in [1.165, 1.54) is 6.08 Å². The number of ether oxygens (including phenoxy) is 1. The predicted molar refractivity (Wildman–Crippen MR) is 71.4 cm³/mol. The molecular formula is C15H16O3. The second-order valence-corrected chi connectivity index (χ2v) is 3.69. The van der Waals surface area contributed by atoms with Gasteiger partial charge in [0.05, 0.1) is 6.61 Å². The Morgan fingerprint density at radius 2 is 2.28 bits per heavy atom. The molecule has 0 aromatic heterocycles. The van der Waals surface area contributed by atoms with Gasteiger partial charge in [0.2, 0.25) is 0 Å². The number of para-hydroxylation sites is 1. The van der Waals surface area contributed by atoms with Crippen LogP contribution in [-0.4, -0.2) is 17.7 Å². The van der Waals surface area contributed by atoms with Crippen molar-refractivity contribution >= 4 is 12.0 Å². The van der Waals surface area contributed by atoms with Crippen molar-refractivity contribution in [3.63, 3.8) is 0 Å². The zero-order valence-corrected chi connectivity index (χ0v) is 10.6. The number of benzene rings is 1. The summed E-state index contributed by atoms with van der Waals surface area (Å²) in [6, 6.07) is 5.63. The first-order chi connectivity index (χ1) is 8.65. The van der Waals surface area contributed by atoms with Gasteiger partial charge in [-0.05, 0) is 25.5 Å². The Kier molecular flexibility index (Phi) is 5.53. The van der Waals surface area contributed by atoms with E-state index < -0.39 is 5.97 Å². The zero-order chi connectivity index (χ0) is 13.4. The van der Waals surface area contributed by atoms with Crippen LogP contribution in [0.15, 0.2) is 24.3 Å². The molecule has 0 radical (unpaired) electrons. The van der Waals surface area contributed by atoms with E-state index in [-0.39, 0.29) is 0 Å². The van der Waals surface area contributed by atoms with E-state index in [1.807, 2.05) is 25.1 Å². The van der Waals surface area contributed by atoms with Gasteiger partial charge in [-0.3, -0.25) is 0 Å². The quantitative estimate of drug-likeness (QED) is 0.492. The van der Waals surface area contributed by atoms with E-state index in [2.05, 4.69) is 11.8 Å². The molecule has 0 saturated carbocycles. The molecule has 3 heteroatoms. The normalized spacial score (nSPS) is 9.89. The molecule has 0 aliphatic heterocycles. The molecule has 0 fully saturated rings. The van der Waals surface area contributed by atoms with Gasteiger partial charge in [-0.25, -0.2) is 4.79 Å². The average molecular weight is 244 g/mol. The maximum Gasteiger partial charge on any atom is 0.328 e. The predicted octanol–water partition coefficient (Wildman–Crippen LogP) is 2.89. The van der Waals surface area contributed by atoms with Gasteiger partial charge in [0.15, 0.2) is 0 Å². The molecule has 3 nitrogen and oxygen atoms in total. The summed E-state index contributed by atoms with van der Waals surface area (Å²) in [5, 5.41) is 8.64. The third kappa shape index (κ3) is 4.34. The van der Waals surface area contributed by atoms with Crippen molar-refractivity contribution in [2.75, 3.05) is 6.61 Å². The summed E-state index contributed by atoms with van der Waals surface area (Å²) in [6.45, 7) is 4.22. The van der Waals surface area contributed by atoms with Crippen LogP contribution in [0.5, 0.6) is 5.75 Å². The Hall–Kier alpha value is -2.21. The molecule has 1 aromatic rings. The van der Waals surface area contributed by atoms with Gasteiger partial charge in [-0.2, -0.15) is 0 Å². The van der Waals surface area contributed by atoms with Crippen LogP contribution in [0.3, 0.4) is 0 Å². The van der Waals surface area contributed by atoms with Crippen LogP contribution in [-0.2, 0) is 4.79 Å². The van der Waals surface area contributed by atoms with Gasteiger partial charge in [-0.15, -0.1) is 11.8 Å². The minimum Gasteiger partial charge on any atom is -0.492 e. The summed E-state index contributed by atoms with van der Waals surface area (Å²) >= 11 is 0. The van der Waals surface area contributed by atoms with Crippen LogP contribution in [0.4, 0.5) is 0 Å². The minimum absolute atomic E-state index is 0.500. The molecule has 94 valence electrons. The minimum atomic E-state index is -0.973. The Morgan fingerprint density at radius 3 is 2.94 bits per heavy atom. The summed E-state index contributed by atoms with van der Waals surface area (Å²) < 4.78 is 5.66. The van der Waals surface area contributed by atoms with E-state index >= 15 is 0 Å².